The van der Waals surface area contributed by atoms with Crippen LogP contribution < -0.4 is 5.32 Å². The van der Waals surface area contributed by atoms with E-state index < -0.39 is 11.7 Å². The Labute approximate surface area is 130 Å². The summed E-state index contributed by atoms with van der Waals surface area (Å²) in [5.74, 6) is -1.05. The molecule has 1 N–H and O–H groups in total. The SMILES string of the molecule is O=C(NCc1cnoc1-c1ccc(F)cc1)c1ccccc1F. The van der Waals surface area contributed by atoms with Crippen molar-refractivity contribution in [3.05, 3.63) is 77.5 Å². The lowest BCUT2D eigenvalue weighted by atomic mass is 10.1. The number of benzene rings is 2. The van der Waals surface area contributed by atoms with Crippen molar-refractivity contribution in [2.75, 3.05) is 0 Å². The Morgan fingerprint density at radius 2 is 1.83 bits per heavy atom. The molecule has 3 rings (SSSR count). The zero-order chi connectivity index (χ0) is 16.2. The Bertz CT molecular complexity index is 829. The molecule has 2 aromatic carbocycles. The van der Waals surface area contributed by atoms with Crippen LogP contribution in [0.5, 0.6) is 0 Å². The van der Waals surface area contributed by atoms with Gasteiger partial charge < -0.3 is 9.84 Å². The van der Waals surface area contributed by atoms with Gasteiger partial charge in [-0.15, -0.1) is 0 Å². The zero-order valence-corrected chi connectivity index (χ0v) is 11.9. The van der Waals surface area contributed by atoms with Gasteiger partial charge in [0, 0.05) is 17.7 Å². The molecule has 0 aliphatic rings. The van der Waals surface area contributed by atoms with E-state index in [1.165, 1.54) is 36.5 Å². The van der Waals surface area contributed by atoms with Gasteiger partial charge in [0.05, 0.1) is 11.8 Å². The maximum atomic E-state index is 13.6. The van der Waals surface area contributed by atoms with Crippen molar-refractivity contribution in [1.29, 1.82) is 0 Å². The third kappa shape index (κ3) is 3.26. The summed E-state index contributed by atoms with van der Waals surface area (Å²) in [7, 11) is 0. The van der Waals surface area contributed by atoms with Crippen molar-refractivity contribution in [3.63, 3.8) is 0 Å². The Morgan fingerprint density at radius 1 is 1.09 bits per heavy atom. The van der Waals surface area contributed by atoms with Crippen molar-refractivity contribution in [2.45, 2.75) is 6.54 Å². The Balaban J connectivity index is 1.75. The van der Waals surface area contributed by atoms with Crippen LogP contribution in [-0.2, 0) is 6.54 Å². The highest BCUT2D eigenvalue weighted by Crippen LogP contribution is 2.23. The van der Waals surface area contributed by atoms with E-state index in [1.54, 1.807) is 18.2 Å². The number of nitrogens with zero attached hydrogens (tertiary/aromatic N) is 1. The highest BCUT2D eigenvalue weighted by atomic mass is 19.1. The van der Waals surface area contributed by atoms with Gasteiger partial charge in [0.2, 0.25) is 0 Å². The molecule has 0 aliphatic heterocycles. The number of carbonyl (C=O) groups is 1. The van der Waals surface area contributed by atoms with Crippen LogP contribution in [0.2, 0.25) is 0 Å². The van der Waals surface area contributed by atoms with Gasteiger partial charge in [0.15, 0.2) is 5.76 Å². The van der Waals surface area contributed by atoms with Gasteiger partial charge in [0.25, 0.3) is 5.91 Å². The molecular formula is C17H12F2N2O2. The fourth-order valence-corrected chi connectivity index (χ4v) is 2.14. The summed E-state index contributed by atoms with van der Waals surface area (Å²) in [6.07, 6.45) is 1.46. The van der Waals surface area contributed by atoms with Crippen molar-refractivity contribution in [1.82, 2.24) is 10.5 Å². The van der Waals surface area contributed by atoms with E-state index in [1.807, 2.05) is 0 Å². The van der Waals surface area contributed by atoms with Crippen LogP contribution in [0.1, 0.15) is 15.9 Å². The number of nitrogens with one attached hydrogen (secondary N) is 1. The van der Waals surface area contributed by atoms with Gasteiger partial charge in [-0.25, -0.2) is 8.78 Å². The molecule has 6 heteroatoms. The molecule has 0 saturated carbocycles. The molecule has 0 atom stereocenters. The van der Waals surface area contributed by atoms with Gasteiger partial charge in [0.1, 0.15) is 11.6 Å². The highest BCUT2D eigenvalue weighted by Gasteiger charge is 2.14. The van der Waals surface area contributed by atoms with Gasteiger partial charge in [-0.05, 0) is 36.4 Å². The first kappa shape index (κ1) is 14.9. The quantitative estimate of drug-likeness (QED) is 0.801. The first-order chi connectivity index (χ1) is 11.1. The summed E-state index contributed by atoms with van der Waals surface area (Å²) in [4.78, 5) is 12.0. The third-order valence-corrected chi connectivity index (χ3v) is 3.31. The average molecular weight is 314 g/mol. The highest BCUT2D eigenvalue weighted by molar-refractivity contribution is 5.94. The van der Waals surface area contributed by atoms with E-state index in [-0.39, 0.29) is 17.9 Å². The first-order valence-electron chi connectivity index (χ1n) is 6.87. The molecule has 1 aromatic heterocycles. The first-order valence-corrected chi connectivity index (χ1v) is 6.87. The second kappa shape index (κ2) is 6.39. The molecule has 4 nitrogen and oxygen atoms in total. The van der Waals surface area contributed by atoms with Crippen LogP contribution in [0.4, 0.5) is 8.78 Å². The van der Waals surface area contributed by atoms with Crippen LogP contribution in [0.3, 0.4) is 0 Å². The van der Waals surface area contributed by atoms with Gasteiger partial charge in [-0.1, -0.05) is 17.3 Å². The molecule has 0 radical (unpaired) electrons. The third-order valence-electron chi connectivity index (χ3n) is 3.31. The smallest absolute Gasteiger partial charge is 0.254 e. The van der Waals surface area contributed by atoms with Crippen LogP contribution in [0, 0.1) is 11.6 Å². The maximum Gasteiger partial charge on any atom is 0.254 e. The molecule has 0 spiro atoms. The fourth-order valence-electron chi connectivity index (χ4n) is 2.14. The molecule has 3 aromatic rings. The number of aromatic nitrogens is 1. The standard InChI is InChI=1S/C17H12F2N2O2/c18-13-7-5-11(6-8-13)16-12(10-21-23-16)9-20-17(22)14-3-1-2-4-15(14)19/h1-8,10H,9H2,(H,20,22). The van der Waals surface area contributed by atoms with Crippen LogP contribution >= 0.6 is 0 Å². The molecule has 116 valence electrons. The minimum atomic E-state index is -0.589. The lowest BCUT2D eigenvalue weighted by molar-refractivity contribution is 0.0947. The van der Waals surface area contributed by atoms with E-state index in [2.05, 4.69) is 10.5 Å². The molecular weight excluding hydrogens is 302 g/mol. The largest absolute Gasteiger partial charge is 0.356 e. The molecule has 0 bridgehead atoms. The van der Waals surface area contributed by atoms with E-state index in [0.29, 0.717) is 16.9 Å². The van der Waals surface area contributed by atoms with Gasteiger partial charge >= 0.3 is 0 Å². The van der Waals surface area contributed by atoms with E-state index in [0.717, 1.165) is 0 Å². The Hall–Kier alpha value is -3.02. The molecule has 1 heterocycles. The second-order valence-corrected chi connectivity index (χ2v) is 4.85. The van der Waals surface area contributed by atoms with E-state index in [9.17, 15) is 13.6 Å². The average Bonchev–Trinajstić information content (AvgIpc) is 3.02. The normalized spacial score (nSPS) is 10.5. The number of halogens is 2. The van der Waals surface area contributed by atoms with Crippen LogP contribution in [0.25, 0.3) is 11.3 Å². The summed E-state index contributed by atoms with van der Waals surface area (Å²) in [6.45, 7) is 0.114. The number of hydrogen-bond acceptors (Lipinski definition) is 3. The zero-order valence-electron chi connectivity index (χ0n) is 11.9. The second-order valence-electron chi connectivity index (χ2n) is 4.85. The van der Waals surface area contributed by atoms with Gasteiger partial charge in [-0.2, -0.15) is 0 Å². The molecule has 0 saturated heterocycles. The minimum absolute atomic E-state index is 0.0349. The molecule has 0 unspecified atom stereocenters. The topological polar surface area (TPSA) is 55.1 Å². The van der Waals surface area contributed by atoms with Crippen molar-refractivity contribution in [2.24, 2.45) is 0 Å². The number of carbonyl (C=O) groups excluding carboxylic acids is 1. The number of hydrogen-bond donors (Lipinski definition) is 1. The molecule has 0 fully saturated rings. The summed E-state index contributed by atoms with van der Waals surface area (Å²) >= 11 is 0. The summed E-state index contributed by atoms with van der Waals surface area (Å²) in [5.41, 5.74) is 1.22. The van der Waals surface area contributed by atoms with E-state index in [4.69, 9.17) is 4.52 Å². The maximum absolute atomic E-state index is 13.6. The predicted molar refractivity (Wildman–Crippen MR) is 79.5 cm³/mol. The minimum Gasteiger partial charge on any atom is -0.356 e. The summed E-state index contributed by atoms with van der Waals surface area (Å²) < 4.78 is 31.7. The molecule has 1 amide bonds. The lowest BCUT2D eigenvalue weighted by Gasteiger charge is -2.06. The van der Waals surface area contributed by atoms with Crippen molar-refractivity contribution in [3.8, 4) is 11.3 Å². The van der Waals surface area contributed by atoms with Crippen molar-refractivity contribution < 1.29 is 18.1 Å². The Morgan fingerprint density at radius 3 is 2.57 bits per heavy atom. The Kier molecular flexibility index (Phi) is 4.14. The molecule has 23 heavy (non-hydrogen) atoms. The fraction of sp³-hybridized carbons (Fsp3) is 0.0588. The monoisotopic (exact) mass is 314 g/mol. The molecule has 0 aliphatic carbocycles. The van der Waals surface area contributed by atoms with Crippen molar-refractivity contribution >= 4 is 5.91 Å². The van der Waals surface area contributed by atoms with Gasteiger partial charge in [-0.3, -0.25) is 4.79 Å². The van der Waals surface area contributed by atoms with Crippen LogP contribution in [0.15, 0.2) is 59.3 Å². The predicted octanol–water partition coefficient (Wildman–Crippen LogP) is 3.55. The summed E-state index contributed by atoms with van der Waals surface area (Å²) in [5, 5.41) is 6.31. The number of amides is 1. The van der Waals surface area contributed by atoms with Crippen LogP contribution in [-0.4, -0.2) is 11.1 Å². The number of rotatable bonds is 4. The summed E-state index contributed by atoms with van der Waals surface area (Å²) in [6, 6.07) is 11.4. The van der Waals surface area contributed by atoms with E-state index >= 15 is 0 Å². The lowest BCUT2D eigenvalue weighted by Crippen LogP contribution is -2.23.